The molecule has 1 aliphatic rings. The predicted molar refractivity (Wildman–Crippen MR) is 81.9 cm³/mol. The zero-order valence-electron chi connectivity index (χ0n) is 12.6. The zero-order valence-corrected chi connectivity index (χ0v) is 12.6. The predicted octanol–water partition coefficient (Wildman–Crippen LogP) is 1.61. The van der Waals surface area contributed by atoms with Crippen LogP contribution in [0.25, 0.3) is 23.0 Å². The Morgan fingerprint density at radius 2 is 2.30 bits per heavy atom. The summed E-state index contributed by atoms with van der Waals surface area (Å²) in [7, 11) is 1.57. The van der Waals surface area contributed by atoms with Gasteiger partial charge in [0.2, 0.25) is 11.7 Å². The summed E-state index contributed by atoms with van der Waals surface area (Å²) in [6.45, 7) is 2.00. The monoisotopic (exact) mass is 312 g/mol. The van der Waals surface area contributed by atoms with Crippen molar-refractivity contribution in [2.75, 3.05) is 20.2 Å². The lowest BCUT2D eigenvalue weighted by molar-refractivity contribution is 0.398. The largest absolute Gasteiger partial charge is 0.481 e. The van der Waals surface area contributed by atoms with Gasteiger partial charge >= 0.3 is 0 Å². The van der Waals surface area contributed by atoms with E-state index < -0.39 is 0 Å². The van der Waals surface area contributed by atoms with Crippen molar-refractivity contribution in [2.45, 2.75) is 12.3 Å². The maximum Gasteiger partial charge on any atom is 0.278 e. The van der Waals surface area contributed by atoms with E-state index in [0.717, 1.165) is 30.8 Å². The summed E-state index contributed by atoms with van der Waals surface area (Å²) in [5, 5.41) is 14.7. The maximum atomic E-state index is 5.32. The highest BCUT2D eigenvalue weighted by molar-refractivity contribution is 5.57. The van der Waals surface area contributed by atoms with Crippen LogP contribution in [0.5, 0.6) is 5.88 Å². The molecule has 1 unspecified atom stereocenters. The number of methoxy groups -OCH3 is 1. The highest BCUT2D eigenvalue weighted by Crippen LogP contribution is 2.26. The smallest absolute Gasteiger partial charge is 0.278 e. The lowest BCUT2D eigenvalue weighted by Crippen LogP contribution is -2.08. The second kappa shape index (κ2) is 5.81. The molecule has 0 bridgehead atoms. The Morgan fingerprint density at radius 3 is 3.04 bits per heavy atom. The van der Waals surface area contributed by atoms with Crippen molar-refractivity contribution in [1.29, 1.82) is 0 Å². The summed E-state index contributed by atoms with van der Waals surface area (Å²) in [6.07, 6.45) is 2.75. The topological polar surface area (TPSA) is 102 Å². The number of pyridine rings is 1. The molecule has 2 N–H and O–H groups in total. The Kier molecular flexibility index (Phi) is 3.51. The molecular formula is C15H16N6O2. The first-order valence-corrected chi connectivity index (χ1v) is 7.44. The molecule has 1 fully saturated rings. The molecule has 118 valence electrons. The van der Waals surface area contributed by atoms with Crippen LogP contribution in [0, 0.1) is 0 Å². The molecule has 1 saturated heterocycles. The fraction of sp³-hybridized carbons (Fsp3) is 0.333. The van der Waals surface area contributed by atoms with E-state index in [2.05, 4.69) is 30.6 Å². The van der Waals surface area contributed by atoms with E-state index in [1.165, 1.54) is 0 Å². The molecule has 0 spiro atoms. The van der Waals surface area contributed by atoms with Crippen molar-refractivity contribution in [3.63, 3.8) is 0 Å². The molecule has 3 aromatic heterocycles. The molecule has 3 aromatic rings. The second-order valence-electron chi connectivity index (χ2n) is 5.41. The minimum absolute atomic E-state index is 0.393. The first-order chi connectivity index (χ1) is 11.3. The number of hydrogen-bond acceptors (Lipinski definition) is 7. The standard InChI is InChI=1S/C15H16N6O2/c1-22-13-3-2-10(8-17-13)14-18-15(23-21-14)12-6-11(19-20-12)9-4-5-16-7-9/h2-3,6,8-9,16H,4-5,7H2,1H3,(H,19,20). The molecule has 0 saturated carbocycles. The number of nitrogens with one attached hydrogen (secondary N) is 2. The summed E-state index contributed by atoms with van der Waals surface area (Å²) in [5.74, 6) is 1.87. The molecular weight excluding hydrogens is 296 g/mol. The van der Waals surface area contributed by atoms with Crippen LogP contribution in [-0.4, -0.2) is 45.5 Å². The van der Waals surface area contributed by atoms with E-state index in [-0.39, 0.29) is 0 Å². The fourth-order valence-corrected chi connectivity index (χ4v) is 2.65. The van der Waals surface area contributed by atoms with Crippen LogP contribution in [0.4, 0.5) is 0 Å². The SMILES string of the molecule is COc1ccc(-c2noc(-c3cc(C4CCNC4)[nH]n3)n2)cn1. The number of hydrogen-bond donors (Lipinski definition) is 2. The van der Waals surface area contributed by atoms with Crippen molar-refractivity contribution >= 4 is 0 Å². The van der Waals surface area contributed by atoms with E-state index >= 15 is 0 Å². The Morgan fingerprint density at radius 1 is 1.35 bits per heavy atom. The van der Waals surface area contributed by atoms with Gasteiger partial charge in [-0.25, -0.2) is 4.98 Å². The second-order valence-corrected chi connectivity index (χ2v) is 5.41. The van der Waals surface area contributed by atoms with Crippen LogP contribution in [0.2, 0.25) is 0 Å². The van der Waals surface area contributed by atoms with Crippen molar-refractivity contribution in [2.24, 2.45) is 0 Å². The van der Waals surface area contributed by atoms with Gasteiger partial charge in [-0.15, -0.1) is 0 Å². The Balaban J connectivity index is 1.57. The van der Waals surface area contributed by atoms with Crippen molar-refractivity contribution in [1.82, 2.24) is 30.6 Å². The van der Waals surface area contributed by atoms with Crippen LogP contribution in [0.1, 0.15) is 18.0 Å². The highest BCUT2D eigenvalue weighted by Gasteiger charge is 2.21. The van der Waals surface area contributed by atoms with E-state index in [9.17, 15) is 0 Å². The van der Waals surface area contributed by atoms with Crippen molar-refractivity contribution in [3.05, 3.63) is 30.1 Å². The summed E-state index contributed by atoms with van der Waals surface area (Å²) >= 11 is 0. The number of aromatic nitrogens is 5. The van der Waals surface area contributed by atoms with Gasteiger partial charge in [0.15, 0.2) is 5.69 Å². The van der Waals surface area contributed by atoms with Gasteiger partial charge in [0, 0.05) is 36.0 Å². The molecule has 23 heavy (non-hydrogen) atoms. The minimum Gasteiger partial charge on any atom is -0.481 e. The lowest BCUT2D eigenvalue weighted by atomic mass is 10.1. The molecule has 1 atom stereocenters. The lowest BCUT2D eigenvalue weighted by Gasteiger charge is -2.02. The van der Waals surface area contributed by atoms with E-state index in [4.69, 9.17) is 9.26 Å². The highest BCUT2D eigenvalue weighted by atomic mass is 16.5. The maximum absolute atomic E-state index is 5.32. The van der Waals surface area contributed by atoms with Crippen molar-refractivity contribution in [3.8, 4) is 28.9 Å². The third-order valence-corrected chi connectivity index (χ3v) is 3.95. The quantitative estimate of drug-likeness (QED) is 0.754. The number of rotatable bonds is 4. The van der Waals surface area contributed by atoms with Gasteiger partial charge in [0.05, 0.1) is 7.11 Å². The number of H-pyrrole nitrogens is 1. The molecule has 8 heteroatoms. The molecule has 0 radical (unpaired) electrons. The Hall–Kier alpha value is -2.74. The van der Waals surface area contributed by atoms with Crippen LogP contribution in [0.15, 0.2) is 28.9 Å². The van der Waals surface area contributed by atoms with Gasteiger partial charge in [0.1, 0.15) is 0 Å². The van der Waals surface area contributed by atoms with Crippen LogP contribution >= 0.6 is 0 Å². The first kappa shape index (κ1) is 13.9. The first-order valence-electron chi connectivity index (χ1n) is 7.44. The van der Waals surface area contributed by atoms with Gasteiger partial charge in [-0.2, -0.15) is 10.1 Å². The summed E-state index contributed by atoms with van der Waals surface area (Å²) in [6, 6.07) is 5.56. The average molecular weight is 312 g/mol. The molecule has 4 heterocycles. The molecule has 4 rings (SSSR count). The van der Waals surface area contributed by atoms with Crippen LogP contribution in [0.3, 0.4) is 0 Å². The van der Waals surface area contributed by atoms with E-state index in [0.29, 0.717) is 29.2 Å². The van der Waals surface area contributed by atoms with Gasteiger partial charge < -0.3 is 14.6 Å². The van der Waals surface area contributed by atoms with Gasteiger partial charge in [0.25, 0.3) is 5.89 Å². The van der Waals surface area contributed by atoms with E-state index in [1.807, 2.05) is 12.1 Å². The van der Waals surface area contributed by atoms with Crippen molar-refractivity contribution < 1.29 is 9.26 Å². The number of aromatic amines is 1. The normalized spacial score (nSPS) is 17.5. The van der Waals surface area contributed by atoms with Gasteiger partial charge in [-0.3, -0.25) is 5.10 Å². The van der Waals surface area contributed by atoms with Crippen LogP contribution in [-0.2, 0) is 0 Å². The number of nitrogens with zero attached hydrogens (tertiary/aromatic N) is 4. The Labute approximate surface area is 132 Å². The van der Waals surface area contributed by atoms with Gasteiger partial charge in [-0.1, -0.05) is 5.16 Å². The zero-order chi connectivity index (χ0) is 15.6. The van der Waals surface area contributed by atoms with Crippen LogP contribution < -0.4 is 10.1 Å². The molecule has 0 aliphatic carbocycles. The molecule has 0 amide bonds. The minimum atomic E-state index is 0.393. The van der Waals surface area contributed by atoms with E-state index in [1.54, 1.807) is 19.4 Å². The summed E-state index contributed by atoms with van der Waals surface area (Å²) in [5.41, 5.74) is 2.51. The summed E-state index contributed by atoms with van der Waals surface area (Å²) < 4.78 is 10.4. The molecule has 0 aromatic carbocycles. The molecule has 1 aliphatic heterocycles. The van der Waals surface area contributed by atoms with Gasteiger partial charge in [-0.05, 0) is 25.1 Å². The Bertz CT molecular complexity index is 788. The fourth-order valence-electron chi connectivity index (χ4n) is 2.65. The molecule has 8 nitrogen and oxygen atoms in total. The number of ether oxygens (including phenoxy) is 1. The third-order valence-electron chi connectivity index (χ3n) is 3.95. The summed E-state index contributed by atoms with van der Waals surface area (Å²) in [4.78, 5) is 8.53. The average Bonchev–Trinajstić information content (AvgIpc) is 3.34. The third kappa shape index (κ3) is 2.68.